The Morgan fingerprint density at radius 1 is 0.488 bits per heavy atom. The van der Waals surface area contributed by atoms with Crippen molar-refractivity contribution in [3.8, 4) is 22.3 Å². The van der Waals surface area contributed by atoms with Crippen LogP contribution < -0.4 is 10.9 Å². The van der Waals surface area contributed by atoms with Gasteiger partial charge in [0.1, 0.15) is 0 Å². The molecular weight excluding hydrogens is 530 g/mol. The van der Waals surface area contributed by atoms with E-state index in [-0.39, 0.29) is 0 Å². The molecule has 1 spiro atoms. The fourth-order valence-corrected chi connectivity index (χ4v) is 6.05. The van der Waals surface area contributed by atoms with Crippen molar-refractivity contribution in [2.75, 3.05) is 0 Å². The molecule has 0 aliphatic heterocycles. The lowest BCUT2D eigenvalue weighted by Crippen LogP contribution is -2.49. The van der Waals surface area contributed by atoms with Crippen LogP contribution in [-0.4, -0.2) is 47.6 Å². The summed E-state index contributed by atoms with van der Waals surface area (Å²) in [6, 6.07) is 30.5. The lowest BCUT2D eigenvalue weighted by atomic mass is 9.69. The van der Waals surface area contributed by atoms with Crippen molar-refractivity contribution in [1.29, 1.82) is 0 Å². The highest BCUT2D eigenvalue weighted by molar-refractivity contribution is 6.48. The molecule has 0 amide bonds. The molecule has 43 heavy (non-hydrogen) atoms. The summed E-state index contributed by atoms with van der Waals surface area (Å²) in [7, 11) is 3.51. The molecule has 0 saturated carbocycles. The fourth-order valence-electron chi connectivity index (χ4n) is 6.05. The average Bonchev–Trinajstić information content (AvgIpc) is 3.40. The highest BCUT2D eigenvalue weighted by atomic mass is 16.5. The van der Waals surface area contributed by atoms with Gasteiger partial charge in [0.15, 0.2) is 0 Å². The van der Waals surface area contributed by atoms with Gasteiger partial charge in [-0.3, -0.25) is 0 Å². The standard InChI is InChI=1S/C37H40B2O4/c1-33(2,40)35(5,6)42-38-23-17-19-31-27(21-23)28-22-24(39-43-36(7,8)34(3,4)41)18-20-32(28)37(31)29-15-11-9-13-25(29)26-14-10-12-16-30(26)37/h9-22,40-41H,1-8H3. The molecule has 6 heteroatoms. The quantitative estimate of drug-likeness (QED) is 0.232. The lowest BCUT2D eigenvalue weighted by molar-refractivity contribution is -0.0893. The highest BCUT2D eigenvalue weighted by Gasteiger charge is 2.51. The van der Waals surface area contributed by atoms with Crippen LogP contribution in [0.5, 0.6) is 0 Å². The zero-order chi connectivity index (χ0) is 31.0. The van der Waals surface area contributed by atoms with E-state index in [9.17, 15) is 10.2 Å². The molecule has 4 aromatic rings. The van der Waals surface area contributed by atoms with Crippen LogP contribution in [0.3, 0.4) is 0 Å². The normalized spacial score (nSPS) is 15.1. The number of rotatable bonds is 8. The van der Waals surface area contributed by atoms with Crippen LogP contribution in [0.4, 0.5) is 0 Å². The minimum absolute atomic E-state index is 0.449. The highest BCUT2D eigenvalue weighted by Crippen LogP contribution is 2.62. The van der Waals surface area contributed by atoms with E-state index in [0.717, 1.165) is 22.1 Å². The molecule has 0 saturated heterocycles. The third kappa shape index (κ3) is 4.62. The molecule has 2 aliphatic carbocycles. The van der Waals surface area contributed by atoms with Gasteiger partial charge in [-0.2, -0.15) is 0 Å². The first kappa shape index (κ1) is 29.9. The number of benzene rings is 4. The maximum Gasteiger partial charge on any atom is 0.330 e. The van der Waals surface area contributed by atoms with Crippen LogP contribution in [0, 0.1) is 0 Å². The third-order valence-corrected chi connectivity index (χ3v) is 10.1. The van der Waals surface area contributed by atoms with Crippen LogP contribution >= 0.6 is 0 Å². The van der Waals surface area contributed by atoms with E-state index in [1.54, 1.807) is 42.7 Å². The Hall–Kier alpha value is -3.15. The van der Waals surface area contributed by atoms with Crippen LogP contribution in [0.1, 0.15) is 77.6 Å². The molecule has 4 nitrogen and oxygen atoms in total. The first-order valence-electron chi connectivity index (χ1n) is 15.0. The molecule has 0 atom stereocenters. The largest absolute Gasteiger partial charge is 0.427 e. The van der Waals surface area contributed by atoms with Gasteiger partial charge in [0.25, 0.3) is 0 Å². The van der Waals surface area contributed by atoms with E-state index < -0.39 is 27.8 Å². The third-order valence-electron chi connectivity index (χ3n) is 10.1. The summed E-state index contributed by atoms with van der Waals surface area (Å²) in [4.78, 5) is 0. The van der Waals surface area contributed by atoms with Gasteiger partial charge < -0.3 is 19.5 Å². The average molecular weight is 570 g/mol. The van der Waals surface area contributed by atoms with Gasteiger partial charge in [-0.1, -0.05) is 95.9 Å². The van der Waals surface area contributed by atoms with E-state index in [1.165, 1.54) is 33.4 Å². The Morgan fingerprint density at radius 3 is 1.21 bits per heavy atom. The Morgan fingerprint density at radius 2 is 0.837 bits per heavy atom. The van der Waals surface area contributed by atoms with E-state index >= 15 is 0 Å². The second kappa shape index (κ2) is 9.93. The number of hydrogen-bond acceptors (Lipinski definition) is 4. The Labute approximate surface area is 257 Å². The molecular formula is C37H40B2O4. The summed E-state index contributed by atoms with van der Waals surface area (Å²) in [5.41, 5.74) is 7.62. The van der Waals surface area contributed by atoms with Crippen LogP contribution in [0.15, 0.2) is 84.9 Å². The van der Waals surface area contributed by atoms with E-state index in [1.807, 2.05) is 27.7 Å². The minimum atomic E-state index is -1.02. The van der Waals surface area contributed by atoms with Gasteiger partial charge in [-0.15, -0.1) is 0 Å². The van der Waals surface area contributed by atoms with Crippen LogP contribution in [0.2, 0.25) is 0 Å². The maximum absolute atomic E-state index is 10.6. The monoisotopic (exact) mass is 570 g/mol. The van der Waals surface area contributed by atoms with Gasteiger partial charge in [-0.25, -0.2) is 0 Å². The summed E-state index contributed by atoms with van der Waals surface area (Å²) in [6.45, 7) is 14.6. The summed E-state index contributed by atoms with van der Waals surface area (Å²) < 4.78 is 12.3. The van der Waals surface area contributed by atoms with Crippen LogP contribution in [-0.2, 0) is 14.7 Å². The van der Waals surface area contributed by atoms with Crippen molar-refractivity contribution in [2.45, 2.75) is 83.2 Å². The van der Waals surface area contributed by atoms with Crippen molar-refractivity contribution >= 4 is 25.9 Å². The molecule has 0 heterocycles. The molecule has 0 unspecified atom stereocenters. The molecule has 6 rings (SSSR count). The fraction of sp³-hybridized carbons (Fsp3) is 0.351. The smallest absolute Gasteiger partial charge is 0.330 e. The van der Waals surface area contributed by atoms with Crippen molar-refractivity contribution in [3.63, 3.8) is 0 Å². The summed E-state index contributed by atoms with van der Waals surface area (Å²) in [5.74, 6) is 0. The summed E-state index contributed by atoms with van der Waals surface area (Å²) in [5, 5.41) is 21.3. The van der Waals surface area contributed by atoms with E-state index in [2.05, 4.69) is 84.9 Å². The number of fused-ring (bicyclic) bond motifs is 10. The van der Waals surface area contributed by atoms with Gasteiger partial charge in [0.2, 0.25) is 0 Å². The maximum atomic E-state index is 10.6. The minimum Gasteiger partial charge on any atom is -0.427 e. The Kier molecular flexibility index (Phi) is 6.91. The Balaban J connectivity index is 1.51. The van der Waals surface area contributed by atoms with Crippen molar-refractivity contribution in [2.24, 2.45) is 0 Å². The summed E-state index contributed by atoms with van der Waals surface area (Å²) >= 11 is 0. The van der Waals surface area contributed by atoms with E-state index in [0.29, 0.717) is 0 Å². The van der Waals surface area contributed by atoms with Crippen molar-refractivity contribution < 1.29 is 19.5 Å². The second-order valence-corrected chi connectivity index (χ2v) is 14.1. The molecule has 2 N–H and O–H groups in total. The molecule has 218 valence electrons. The SMILES string of the molecule is CC(C)(O)C(C)(C)O[B]c1ccc2c(c1)-c1cc([B]OC(C)(C)C(C)(C)O)ccc1C21c2ccccc2-c2ccccc21. The predicted molar refractivity (Wildman–Crippen MR) is 176 cm³/mol. The molecule has 2 aliphatic rings. The van der Waals surface area contributed by atoms with Gasteiger partial charge in [0.05, 0.1) is 27.8 Å². The predicted octanol–water partition coefficient (Wildman–Crippen LogP) is 5.65. The lowest BCUT2D eigenvalue weighted by Gasteiger charge is -2.37. The zero-order valence-corrected chi connectivity index (χ0v) is 26.4. The number of hydrogen-bond donors (Lipinski definition) is 2. The van der Waals surface area contributed by atoms with Gasteiger partial charge >= 0.3 is 15.0 Å². The summed E-state index contributed by atoms with van der Waals surface area (Å²) in [6.07, 6.45) is 0. The van der Waals surface area contributed by atoms with Gasteiger partial charge in [-0.05, 0) is 99.9 Å². The van der Waals surface area contributed by atoms with Crippen LogP contribution in [0.25, 0.3) is 22.3 Å². The first-order chi connectivity index (χ1) is 20.1. The van der Waals surface area contributed by atoms with Crippen molar-refractivity contribution in [3.05, 3.63) is 107 Å². The van der Waals surface area contributed by atoms with Crippen molar-refractivity contribution in [1.82, 2.24) is 0 Å². The second-order valence-electron chi connectivity index (χ2n) is 14.1. The molecule has 4 aromatic carbocycles. The first-order valence-corrected chi connectivity index (χ1v) is 15.0. The molecule has 2 radical (unpaired) electrons. The van der Waals surface area contributed by atoms with Gasteiger partial charge in [0, 0.05) is 0 Å². The van der Waals surface area contributed by atoms with E-state index in [4.69, 9.17) is 9.31 Å². The molecule has 0 fully saturated rings. The Bertz CT molecular complexity index is 1580. The zero-order valence-electron chi connectivity index (χ0n) is 26.4. The number of aliphatic hydroxyl groups is 2. The molecule has 0 aromatic heterocycles. The topological polar surface area (TPSA) is 58.9 Å². The molecule has 0 bridgehead atoms.